The molecule has 2 heterocycles. The maximum absolute atomic E-state index is 13.3. The molecule has 0 bridgehead atoms. The molecule has 7 heteroatoms. The van der Waals surface area contributed by atoms with Gasteiger partial charge in [-0.2, -0.15) is 0 Å². The number of rotatable bonds is 3. The maximum atomic E-state index is 13.3. The number of amides is 2. The standard InChI is InChI=1S/C22H21N5O2/c23-22-25-18-9-8-16(24-20(28)13-6-3-7-13)10-17(18)19(26-22)21(29)27-11-14-4-1-2-5-15(14)12-27/h1-2,4-5,8-10,13H,3,6-7,11-12H2,(H,24,28)(H2,23,25,26). The van der Waals surface area contributed by atoms with Crippen LogP contribution in [-0.2, 0) is 17.9 Å². The number of hydrogen-bond acceptors (Lipinski definition) is 5. The van der Waals surface area contributed by atoms with Crippen LogP contribution in [-0.4, -0.2) is 26.7 Å². The zero-order chi connectivity index (χ0) is 20.0. The molecule has 7 nitrogen and oxygen atoms in total. The van der Waals surface area contributed by atoms with Crippen LogP contribution in [0.3, 0.4) is 0 Å². The third-order valence-corrected chi connectivity index (χ3v) is 5.79. The van der Waals surface area contributed by atoms with E-state index in [2.05, 4.69) is 15.3 Å². The van der Waals surface area contributed by atoms with Crippen LogP contribution in [0, 0.1) is 5.92 Å². The molecule has 2 amide bonds. The predicted octanol–water partition coefficient (Wildman–Crippen LogP) is 3.11. The number of hydrogen-bond donors (Lipinski definition) is 2. The second kappa shape index (κ2) is 6.84. The first-order valence-corrected chi connectivity index (χ1v) is 9.83. The highest BCUT2D eigenvalue weighted by Gasteiger charge is 2.28. The van der Waals surface area contributed by atoms with Gasteiger partial charge in [0.15, 0.2) is 0 Å². The lowest BCUT2D eigenvalue weighted by molar-refractivity contribution is -0.122. The molecule has 0 radical (unpaired) electrons. The smallest absolute Gasteiger partial charge is 0.273 e. The predicted molar refractivity (Wildman–Crippen MR) is 110 cm³/mol. The van der Waals surface area contributed by atoms with E-state index in [1.165, 1.54) is 0 Å². The lowest BCUT2D eigenvalue weighted by atomic mass is 9.85. The van der Waals surface area contributed by atoms with E-state index >= 15 is 0 Å². The molecule has 2 aromatic carbocycles. The van der Waals surface area contributed by atoms with Crippen LogP contribution in [0.1, 0.15) is 40.9 Å². The molecule has 1 aliphatic carbocycles. The zero-order valence-corrected chi connectivity index (χ0v) is 15.9. The molecule has 0 atom stereocenters. The molecule has 0 spiro atoms. The first-order chi connectivity index (χ1) is 14.1. The lowest BCUT2D eigenvalue weighted by Gasteiger charge is -2.24. The van der Waals surface area contributed by atoms with Gasteiger partial charge < -0.3 is 16.0 Å². The lowest BCUT2D eigenvalue weighted by Crippen LogP contribution is -2.28. The Morgan fingerprint density at radius 2 is 1.76 bits per heavy atom. The second-order valence-electron chi connectivity index (χ2n) is 7.71. The van der Waals surface area contributed by atoms with Crippen molar-refractivity contribution in [2.45, 2.75) is 32.4 Å². The molecule has 2 aliphatic rings. The van der Waals surface area contributed by atoms with E-state index in [4.69, 9.17) is 5.73 Å². The molecule has 1 aromatic heterocycles. The zero-order valence-electron chi connectivity index (χ0n) is 15.9. The molecule has 146 valence electrons. The van der Waals surface area contributed by atoms with E-state index in [0.717, 1.165) is 30.4 Å². The molecule has 0 saturated heterocycles. The average Bonchev–Trinajstić information content (AvgIpc) is 3.10. The van der Waals surface area contributed by atoms with Gasteiger partial charge in [0.2, 0.25) is 11.9 Å². The van der Waals surface area contributed by atoms with Gasteiger partial charge in [-0.15, -0.1) is 0 Å². The number of carbonyl (C=O) groups excluding carboxylic acids is 2. The van der Waals surface area contributed by atoms with Crippen molar-refractivity contribution < 1.29 is 9.59 Å². The van der Waals surface area contributed by atoms with Crippen molar-refractivity contribution in [1.82, 2.24) is 14.9 Å². The first kappa shape index (κ1) is 17.6. The van der Waals surface area contributed by atoms with Crippen molar-refractivity contribution in [3.63, 3.8) is 0 Å². The van der Waals surface area contributed by atoms with Gasteiger partial charge in [0, 0.05) is 30.1 Å². The summed E-state index contributed by atoms with van der Waals surface area (Å²) in [5.74, 6) is -0.0287. The van der Waals surface area contributed by atoms with Gasteiger partial charge in [0.25, 0.3) is 5.91 Å². The van der Waals surface area contributed by atoms with E-state index in [0.29, 0.717) is 29.7 Å². The molecule has 29 heavy (non-hydrogen) atoms. The minimum atomic E-state index is -0.192. The van der Waals surface area contributed by atoms with E-state index in [1.807, 2.05) is 24.3 Å². The summed E-state index contributed by atoms with van der Waals surface area (Å²) in [4.78, 5) is 35.8. The Labute approximate surface area is 167 Å². The number of benzene rings is 2. The molecule has 1 fully saturated rings. The normalized spacial score (nSPS) is 15.8. The average molecular weight is 387 g/mol. The van der Waals surface area contributed by atoms with E-state index in [-0.39, 0.29) is 29.4 Å². The van der Waals surface area contributed by atoms with Gasteiger partial charge in [-0.3, -0.25) is 9.59 Å². The molecule has 3 aromatic rings. The maximum Gasteiger partial charge on any atom is 0.273 e. The van der Waals surface area contributed by atoms with Crippen molar-refractivity contribution in [3.8, 4) is 0 Å². The Morgan fingerprint density at radius 1 is 1.03 bits per heavy atom. The van der Waals surface area contributed by atoms with Crippen LogP contribution in [0.4, 0.5) is 11.6 Å². The highest BCUT2D eigenvalue weighted by Crippen LogP contribution is 2.30. The summed E-state index contributed by atoms with van der Waals surface area (Å²) in [5, 5.41) is 3.54. The quantitative estimate of drug-likeness (QED) is 0.719. The van der Waals surface area contributed by atoms with Crippen molar-refractivity contribution in [2.24, 2.45) is 5.92 Å². The molecule has 1 saturated carbocycles. The highest BCUT2D eigenvalue weighted by molar-refractivity contribution is 6.06. The molecular formula is C22H21N5O2. The third-order valence-electron chi connectivity index (χ3n) is 5.79. The second-order valence-corrected chi connectivity index (χ2v) is 7.71. The van der Waals surface area contributed by atoms with E-state index < -0.39 is 0 Å². The van der Waals surface area contributed by atoms with Crippen LogP contribution in [0.5, 0.6) is 0 Å². The molecule has 5 rings (SSSR count). The highest BCUT2D eigenvalue weighted by atomic mass is 16.2. The number of nitrogens with zero attached hydrogens (tertiary/aromatic N) is 3. The first-order valence-electron chi connectivity index (χ1n) is 9.83. The fourth-order valence-corrected chi connectivity index (χ4v) is 3.93. The van der Waals surface area contributed by atoms with Crippen LogP contribution >= 0.6 is 0 Å². The monoisotopic (exact) mass is 387 g/mol. The van der Waals surface area contributed by atoms with Gasteiger partial charge in [-0.05, 0) is 42.2 Å². The Hall–Kier alpha value is -3.48. The Balaban J connectivity index is 1.48. The largest absolute Gasteiger partial charge is 0.368 e. The molecule has 1 aliphatic heterocycles. The fourth-order valence-electron chi connectivity index (χ4n) is 3.93. The van der Waals surface area contributed by atoms with Crippen LogP contribution in [0.25, 0.3) is 10.9 Å². The summed E-state index contributed by atoms with van der Waals surface area (Å²) in [6.07, 6.45) is 2.95. The number of nitrogens with two attached hydrogens (primary N) is 1. The van der Waals surface area contributed by atoms with Gasteiger partial charge in [-0.1, -0.05) is 30.7 Å². The summed E-state index contributed by atoms with van der Waals surface area (Å²) in [5.41, 5.74) is 9.63. The Kier molecular flexibility index (Phi) is 4.16. The Bertz CT molecular complexity index is 1110. The van der Waals surface area contributed by atoms with Crippen LogP contribution in [0.15, 0.2) is 42.5 Å². The number of fused-ring (bicyclic) bond motifs is 2. The number of carbonyl (C=O) groups is 2. The topological polar surface area (TPSA) is 101 Å². The van der Waals surface area contributed by atoms with Crippen molar-refractivity contribution >= 4 is 34.4 Å². The number of anilines is 2. The minimum absolute atomic E-state index is 0.0230. The van der Waals surface area contributed by atoms with Gasteiger partial charge in [-0.25, -0.2) is 9.97 Å². The fraction of sp³-hybridized carbons (Fsp3) is 0.273. The van der Waals surface area contributed by atoms with Gasteiger partial charge in [0.1, 0.15) is 5.69 Å². The van der Waals surface area contributed by atoms with Crippen LogP contribution < -0.4 is 11.1 Å². The summed E-state index contributed by atoms with van der Waals surface area (Å²) < 4.78 is 0. The summed E-state index contributed by atoms with van der Waals surface area (Å²) >= 11 is 0. The van der Waals surface area contributed by atoms with Gasteiger partial charge >= 0.3 is 0 Å². The molecule has 3 N–H and O–H groups in total. The summed E-state index contributed by atoms with van der Waals surface area (Å²) in [6, 6.07) is 13.3. The van der Waals surface area contributed by atoms with Gasteiger partial charge in [0.05, 0.1) is 5.52 Å². The summed E-state index contributed by atoms with van der Waals surface area (Å²) in [7, 11) is 0. The molecular weight excluding hydrogens is 366 g/mol. The van der Waals surface area contributed by atoms with Crippen molar-refractivity contribution in [2.75, 3.05) is 11.1 Å². The van der Waals surface area contributed by atoms with Crippen molar-refractivity contribution in [3.05, 3.63) is 59.3 Å². The van der Waals surface area contributed by atoms with E-state index in [1.54, 1.807) is 23.1 Å². The number of aromatic nitrogens is 2. The summed E-state index contributed by atoms with van der Waals surface area (Å²) in [6.45, 7) is 1.08. The van der Waals surface area contributed by atoms with E-state index in [9.17, 15) is 9.59 Å². The van der Waals surface area contributed by atoms with Crippen molar-refractivity contribution in [1.29, 1.82) is 0 Å². The number of nitrogens with one attached hydrogen (secondary N) is 1. The molecule has 0 unspecified atom stereocenters. The minimum Gasteiger partial charge on any atom is -0.368 e. The van der Waals surface area contributed by atoms with Crippen LogP contribution in [0.2, 0.25) is 0 Å². The SMILES string of the molecule is Nc1nc(C(=O)N2Cc3ccccc3C2)c2cc(NC(=O)C3CCC3)ccc2n1. The third kappa shape index (κ3) is 3.18. The number of nitrogen functional groups attached to an aromatic ring is 1. The Morgan fingerprint density at radius 3 is 2.41 bits per heavy atom.